The van der Waals surface area contributed by atoms with E-state index in [2.05, 4.69) is 10.2 Å². The minimum absolute atomic E-state index is 0. The van der Waals surface area contributed by atoms with Crippen molar-refractivity contribution in [2.45, 2.75) is 6.42 Å². The number of carbonyl (C=O) groups is 2. The fraction of sp³-hybridized carbons (Fsp3) is 0.286. The Kier molecular flexibility index (Phi) is 9.28. The number of aromatic amines is 1. The second-order valence-electron chi connectivity index (χ2n) is 2.65. The van der Waals surface area contributed by atoms with Crippen LogP contribution in [0.25, 0.3) is 0 Å². The summed E-state index contributed by atoms with van der Waals surface area (Å²) < 4.78 is 0. The number of hydrogen-bond acceptors (Lipinski definition) is 5. The van der Waals surface area contributed by atoms with E-state index in [0.29, 0.717) is 0 Å². The van der Waals surface area contributed by atoms with Gasteiger partial charge in [-0.25, -0.2) is 0 Å². The second kappa shape index (κ2) is 8.10. The molecule has 0 aromatic carbocycles. The Morgan fingerprint density at radius 1 is 1.50 bits per heavy atom. The fourth-order valence-corrected chi connectivity index (χ4v) is 0.936. The molecule has 0 radical (unpaired) electrons. The van der Waals surface area contributed by atoms with Gasteiger partial charge in [0, 0.05) is 18.0 Å². The van der Waals surface area contributed by atoms with Crippen molar-refractivity contribution in [1.82, 2.24) is 10.2 Å². The summed E-state index contributed by atoms with van der Waals surface area (Å²) in [6.45, 7) is 0. The Balaban J connectivity index is 0. The van der Waals surface area contributed by atoms with E-state index in [1.165, 1.54) is 0 Å². The van der Waals surface area contributed by atoms with E-state index in [9.17, 15) is 19.8 Å². The van der Waals surface area contributed by atoms with Crippen LogP contribution in [0.5, 0.6) is 5.88 Å². The minimum atomic E-state index is -1.69. The molecule has 0 spiro atoms. The van der Waals surface area contributed by atoms with Gasteiger partial charge in [0.2, 0.25) is 0 Å². The van der Waals surface area contributed by atoms with E-state index in [-0.39, 0.29) is 71.2 Å². The maximum atomic E-state index is 10.6. The number of aliphatic carboxylic acids is 2. The number of hydrogen-bond donors (Lipinski definition) is 2. The Labute approximate surface area is 135 Å². The summed E-state index contributed by atoms with van der Waals surface area (Å²) >= 11 is 0. The molecule has 0 saturated carbocycles. The molecule has 1 atom stereocenters. The largest absolute Gasteiger partial charge is 1.00 e. The SMILES string of the molecule is O=C([O-])C(Cc1cc([O-])n[nH]1)C(=O)O.[Na+].[Na+]. The van der Waals surface area contributed by atoms with Gasteiger partial charge in [-0.1, -0.05) is 0 Å². The molecule has 2 N–H and O–H groups in total. The topological polar surface area (TPSA) is 129 Å². The zero-order chi connectivity index (χ0) is 10.7. The van der Waals surface area contributed by atoms with E-state index >= 15 is 0 Å². The van der Waals surface area contributed by atoms with Crippen molar-refractivity contribution in [3.8, 4) is 5.88 Å². The summed E-state index contributed by atoms with van der Waals surface area (Å²) in [7, 11) is 0. The number of nitrogens with one attached hydrogen (secondary N) is 1. The van der Waals surface area contributed by atoms with Crippen LogP contribution in [0, 0.1) is 5.92 Å². The summed E-state index contributed by atoms with van der Waals surface area (Å²) in [6, 6.07) is 1.04. The van der Waals surface area contributed by atoms with E-state index in [1.54, 1.807) is 0 Å². The van der Waals surface area contributed by atoms with Crippen molar-refractivity contribution >= 4 is 11.9 Å². The minimum Gasteiger partial charge on any atom is -0.857 e. The van der Waals surface area contributed by atoms with Crippen LogP contribution >= 0.6 is 0 Å². The number of H-pyrrole nitrogens is 1. The smallest absolute Gasteiger partial charge is 0.857 e. The molecule has 1 heterocycles. The molecule has 1 aromatic rings. The molecule has 9 heteroatoms. The van der Waals surface area contributed by atoms with E-state index in [4.69, 9.17) is 5.11 Å². The zero-order valence-corrected chi connectivity index (χ0v) is 12.9. The summed E-state index contributed by atoms with van der Waals surface area (Å²) in [5, 5.41) is 34.8. The van der Waals surface area contributed by atoms with Crippen molar-refractivity contribution in [2.75, 3.05) is 0 Å². The van der Waals surface area contributed by atoms with Crippen molar-refractivity contribution in [3.05, 3.63) is 11.8 Å². The third-order valence-corrected chi connectivity index (χ3v) is 1.61. The monoisotopic (exact) mass is 244 g/mol. The van der Waals surface area contributed by atoms with Crippen molar-refractivity contribution in [2.24, 2.45) is 5.92 Å². The van der Waals surface area contributed by atoms with Crippen molar-refractivity contribution in [1.29, 1.82) is 0 Å². The molecular formula is C7H6N2Na2O5. The number of carboxylic acids is 2. The average molecular weight is 244 g/mol. The zero-order valence-electron chi connectivity index (χ0n) is 8.89. The molecule has 1 aromatic heterocycles. The molecule has 16 heavy (non-hydrogen) atoms. The summed E-state index contributed by atoms with van der Waals surface area (Å²) in [5.41, 5.74) is 0.159. The van der Waals surface area contributed by atoms with E-state index < -0.39 is 23.7 Å². The molecule has 0 aliphatic carbocycles. The molecule has 0 saturated heterocycles. The number of carbonyl (C=O) groups excluding carboxylic acids is 1. The Morgan fingerprint density at radius 3 is 2.38 bits per heavy atom. The third kappa shape index (κ3) is 5.33. The van der Waals surface area contributed by atoms with Crippen molar-refractivity contribution in [3.63, 3.8) is 0 Å². The van der Waals surface area contributed by atoms with Crippen LogP contribution in [-0.4, -0.2) is 27.2 Å². The maximum absolute atomic E-state index is 10.6. The Morgan fingerprint density at radius 2 is 2.06 bits per heavy atom. The van der Waals surface area contributed by atoms with Crippen LogP contribution in [-0.2, 0) is 16.0 Å². The van der Waals surface area contributed by atoms with Crippen LogP contribution in [0.15, 0.2) is 6.07 Å². The van der Waals surface area contributed by atoms with Crippen LogP contribution < -0.4 is 69.3 Å². The number of carboxylic acid groups (broad SMARTS) is 2. The number of aromatic nitrogens is 2. The molecule has 0 bridgehead atoms. The molecule has 76 valence electrons. The van der Waals surface area contributed by atoms with Crippen LogP contribution in [0.1, 0.15) is 5.69 Å². The first-order valence-electron chi connectivity index (χ1n) is 3.65. The number of nitrogens with zero attached hydrogens (tertiary/aromatic N) is 1. The summed E-state index contributed by atoms with van der Waals surface area (Å²) in [5.74, 6) is -5.44. The maximum Gasteiger partial charge on any atom is 1.00 e. The molecule has 0 aliphatic rings. The summed E-state index contributed by atoms with van der Waals surface area (Å²) in [6.07, 6.45) is -0.340. The van der Waals surface area contributed by atoms with E-state index in [1.807, 2.05) is 0 Å². The predicted octanol–water partition coefficient (Wildman–Crippen LogP) is -8.52. The first kappa shape index (κ1) is 18.3. The Bertz CT molecular complexity index is 353. The molecule has 1 unspecified atom stereocenters. The predicted molar refractivity (Wildman–Crippen MR) is 37.9 cm³/mol. The standard InChI is InChI=1S/C7H8N2O5.2Na/c10-5-2-3(8-9-5)1-4(6(11)12)7(13)14;;/h2,4H,1H2,(H,11,12)(H,13,14)(H2,8,9,10);;/q;2*+1/p-2. The van der Waals surface area contributed by atoms with Gasteiger partial charge in [-0.15, -0.1) is 0 Å². The second-order valence-corrected chi connectivity index (χ2v) is 2.65. The number of rotatable bonds is 4. The van der Waals surface area contributed by atoms with Gasteiger partial charge in [0.1, 0.15) is 5.92 Å². The van der Waals surface area contributed by atoms with Gasteiger partial charge in [0.25, 0.3) is 0 Å². The molecule has 0 amide bonds. The average Bonchev–Trinajstić information content (AvgIpc) is 2.46. The normalized spacial score (nSPS) is 10.8. The summed E-state index contributed by atoms with van der Waals surface area (Å²) in [4.78, 5) is 20.8. The molecular weight excluding hydrogens is 238 g/mol. The van der Waals surface area contributed by atoms with Gasteiger partial charge in [0.05, 0.1) is 5.97 Å². The van der Waals surface area contributed by atoms with Crippen LogP contribution in [0.4, 0.5) is 0 Å². The van der Waals surface area contributed by atoms with Gasteiger partial charge in [-0.3, -0.25) is 9.89 Å². The van der Waals surface area contributed by atoms with Gasteiger partial charge in [0.15, 0.2) is 0 Å². The quantitative estimate of drug-likeness (QED) is 0.399. The first-order chi connectivity index (χ1) is 6.50. The molecule has 0 aliphatic heterocycles. The van der Waals surface area contributed by atoms with Crippen molar-refractivity contribution < 1.29 is 84.0 Å². The van der Waals surface area contributed by atoms with Gasteiger partial charge < -0.3 is 20.1 Å². The van der Waals surface area contributed by atoms with Crippen LogP contribution in [0.3, 0.4) is 0 Å². The molecule has 1 rings (SSSR count). The third-order valence-electron chi connectivity index (χ3n) is 1.61. The van der Waals surface area contributed by atoms with E-state index in [0.717, 1.165) is 6.07 Å². The van der Waals surface area contributed by atoms with Gasteiger partial charge in [-0.2, -0.15) is 5.10 Å². The molecule has 7 nitrogen and oxygen atoms in total. The fourth-order valence-electron chi connectivity index (χ4n) is 0.936. The van der Waals surface area contributed by atoms with Gasteiger partial charge >= 0.3 is 65.1 Å². The van der Waals surface area contributed by atoms with Crippen LogP contribution in [0.2, 0.25) is 0 Å². The Hall–Kier alpha value is -0.0500. The first-order valence-corrected chi connectivity index (χ1v) is 3.65. The molecule has 0 fully saturated rings. The van der Waals surface area contributed by atoms with Gasteiger partial charge in [-0.05, 0) is 6.07 Å².